The summed E-state index contributed by atoms with van der Waals surface area (Å²) in [5, 5.41) is 9.42. The van der Waals surface area contributed by atoms with E-state index >= 15 is 0 Å². The van der Waals surface area contributed by atoms with Crippen LogP contribution in [-0.2, 0) is 19.6 Å². The fourth-order valence-electron chi connectivity index (χ4n) is 3.95. The molecule has 0 amide bonds. The van der Waals surface area contributed by atoms with Gasteiger partial charge in [0.15, 0.2) is 5.82 Å². The van der Waals surface area contributed by atoms with Crippen LogP contribution >= 0.6 is 0 Å². The van der Waals surface area contributed by atoms with Crippen molar-refractivity contribution in [1.82, 2.24) is 4.98 Å². The molecule has 9 nitrogen and oxygen atoms in total. The number of pyridine rings is 1. The lowest BCUT2D eigenvalue weighted by Gasteiger charge is -2.33. The molecule has 0 saturated carbocycles. The SMILES string of the molecule is CCOC(=O)C1CCCN(c2ncc(C(=O)O)cc2NS(=O)(=O)c2cc(C)c(C)cc2C)C1. The van der Waals surface area contributed by atoms with Gasteiger partial charge in [-0.2, -0.15) is 0 Å². The van der Waals surface area contributed by atoms with Crippen molar-refractivity contribution >= 4 is 33.5 Å². The van der Waals surface area contributed by atoms with Crippen molar-refractivity contribution in [3.63, 3.8) is 0 Å². The van der Waals surface area contributed by atoms with E-state index in [0.717, 1.165) is 11.1 Å². The molecule has 0 bridgehead atoms. The molecule has 33 heavy (non-hydrogen) atoms. The minimum Gasteiger partial charge on any atom is -0.478 e. The van der Waals surface area contributed by atoms with Crippen molar-refractivity contribution in [2.75, 3.05) is 29.3 Å². The lowest BCUT2D eigenvalue weighted by molar-refractivity contribution is -0.148. The maximum Gasteiger partial charge on any atom is 0.337 e. The van der Waals surface area contributed by atoms with Gasteiger partial charge in [-0.25, -0.2) is 18.2 Å². The number of benzene rings is 1. The summed E-state index contributed by atoms with van der Waals surface area (Å²) in [5.41, 5.74) is 2.28. The number of aryl methyl sites for hydroxylation is 3. The fourth-order valence-corrected chi connectivity index (χ4v) is 5.31. The molecule has 1 aromatic carbocycles. The number of aromatic carboxylic acids is 1. The van der Waals surface area contributed by atoms with Crippen LogP contribution in [0.2, 0.25) is 0 Å². The van der Waals surface area contributed by atoms with Crippen LogP contribution in [0.1, 0.15) is 46.8 Å². The molecule has 1 aliphatic heterocycles. The normalized spacial score (nSPS) is 16.4. The number of carboxylic acids is 1. The zero-order valence-electron chi connectivity index (χ0n) is 19.2. The first kappa shape index (κ1) is 24.5. The third-order valence-corrected chi connectivity index (χ3v) is 7.29. The lowest BCUT2D eigenvalue weighted by atomic mass is 9.98. The van der Waals surface area contributed by atoms with Gasteiger partial charge < -0.3 is 14.7 Å². The highest BCUT2D eigenvalue weighted by Crippen LogP contribution is 2.32. The van der Waals surface area contributed by atoms with E-state index in [9.17, 15) is 23.1 Å². The Labute approximate surface area is 193 Å². The van der Waals surface area contributed by atoms with Crippen LogP contribution in [0, 0.1) is 26.7 Å². The zero-order valence-corrected chi connectivity index (χ0v) is 20.0. The van der Waals surface area contributed by atoms with Gasteiger partial charge >= 0.3 is 11.9 Å². The van der Waals surface area contributed by atoms with Gasteiger partial charge in [-0.05, 0) is 69.4 Å². The average molecular weight is 476 g/mol. The van der Waals surface area contributed by atoms with Gasteiger partial charge in [-0.1, -0.05) is 6.07 Å². The Morgan fingerprint density at radius 2 is 1.88 bits per heavy atom. The Hall–Kier alpha value is -3.14. The molecule has 10 heteroatoms. The standard InChI is InChI=1S/C23H29N3O6S/c1-5-32-23(29)17-7-6-8-26(13-17)21-19(11-18(12-24-21)22(27)28)25-33(30,31)20-10-15(3)14(2)9-16(20)4/h9-12,17,25H,5-8,13H2,1-4H3,(H,27,28). The van der Waals surface area contributed by atoms with E-state index in [-0.39, 0.29) is 40.5 Å². The molecule has 2 N–H and O–H groups in total. The molecule has 2 aromatic rings. The lowest BCUT2D eigenvalue weighted by Crippen LogP contribution is -2.40. The monoisotopic (exact) mass is 475 g/mol. The summed E-state index contributed by atoms with van der Waals surface area (Å²) in [4.78, 5) is 30.0. The summed E-state index contributed by atoms with van der Waals surface area (Å²) >= 11 is 0. The molecule has 0 radical (unpaired) electrons. The highest BCUT2D eigenvalue weighted by Gasteiger charge is 2.30. The molecule has 1 saturated heterocycles. The van der Waals surface area contributed by atoms with Crippen LogP contribution in [0.25, 0.3) is 0 Å². The number of ether oxygens (including phenoxy) is 1. The fraction of sp³-hybridized carbons (Fsp3) is 0.435. The van der Waals surface area contributed by atoms with Crippen molar-refractivity contribution in [2.24, 2.45) is 5.92 Å². The number of nitrogens with zero attached hydrogens (tertiary/aromatic N) is 2. The third-order valence-electron chi connectivity index (χ3n) is 5.78. The van der Waals surface area contributed by atoms with Gasteiger partial charge in [0.25, 0.3) is 10.0 Å². The highest BCUT2D eigenvalue weighted by atomic mass is 32.2. The number of rotatable bonds is 7. The Bertz CT molecular complexity index is 1180. The summed E-state index contributed by atoms with van der Waals surface area (Å²) < 4.78 is 34.2. The Morgan fingerprint density at radius 1 is 1.18 bits per heavy atom. The van der Waals surface area contributed by atoms with Crippen LogP contribution in [0.3, 0.4) is 0 Å². The van der Waals surface area contributed by atoms with Crippen molar-refractivity contribution in [2.45, 2.75) is 45.4 Å². The second-order valence-corrected chi connectivity index (χ2v) is 9.90. The third kappa shape index (κ3) is 5.44. The topological polar surface area (TPSA) is 126 Å². The molecule has 178 valence electrons. The first-order valence-electron chi connectivity index (χ1n) is 10.8. The smallest absolute Gasteiger partial charge is 0.337 e. The molecule has 1 aliphatic rings. The Morgan fingerprint density at radius 3 is 2.55 bits per heavy atom. The number of nitrogens with one attached hydrogen (secondary N) is 1. The van der Waals surface area contributed by atoms with E-state index < -0.39 is 16.0 Å². The van der Waals surface area contributed by atoms with E-state index in [1.807, 2.05) is 13.8 Å². The number of esters is 1. The molecule has 3 rings (SSSR count). The second kappa shape index (κ2) is 9.78. The summed E-state index contributed by atoms with van der Waals surface area (Å²) in [5.74, 6) is -1.62. The molecule has 1 atom stereocenters. The molecule has 2 heterocycles. The van der Waals surface area contributed by atoms with Crippen LogP contribution in [-0.4, -0.2) is 50.1 Å². The molecule has 1 aromatic heterocycles. The molecule has 0 aliphatic carbocycles. The zero-order chi connectivity index (χ0) is 24.3. The van der Waals surface area contributed by atoms with Crippen LogP contribution in [0.5, 0.6) is 0 Å². The number of carboxylic acid groups (broad SMARTS) is 1. The van der Waals surface area contributed by atoms with Gasteiger partial charge in [-0.3, -0.25) is 9.52 Å². The van der Waals surface area contributed by atoms with Crippen molar-refractivity contribution in [3.05, 3.63) is 46.6 Å². The van der Waals surface area contributed by atoms with E-state index in [1.54, 1.807) is 30.9 Å². The highest BCUT2D eigenvalue weighted by molar-refractivity contribution is 7.92. The van der Waals surface area contributed by atoms with Crippen molar-refractivity contribution < 1.29 is 27.9 Å². The predicted octanol–water partition coefficient (Wildman–Crippen LogP) is 3.29. The molecule has 1 unspecified atom stereocenters. The quantitative estimate of drug-likeness (QED) is 0.584. The van der Waals surface area contributed by atoms with Gasteiger partial charge in [-0.15, -0.1) is 0 Å². The molecule has 1 fully saturated rings. The number of sulfonamides is 1. The second-order valence-electron chi connectivity index (χ2n) is 8.24. The molecular formula is C23H29N3O6S. The van der Waals surface area contributed by atoms with Gasteiger partial charge in [0.1, 0.15) is 0 Å². The van der Waals surface area contributed by atoms with Gasteiger partial charge in [0.05, 0.1) is 28.7 Å². The van der Waals surface area contributed by atoms with Crippen molar-refractivity contribution in [1.29, 1.82) is 0 Å². The van der Waals surface area contributed by atoms with E-state index in [4.69, 9.17) is 4.74 Å². The van der Waals surface area contributed by atoms with Gasteiger partial charge in [0.2, 0.25) is 0 Å². The Kier molecular flexibility index (Phi) is 7.26. The number of carbonyl (C=O) groups excluding carboxylic acids is 1. The molecule has 0 spiro atoms. The first-order chi connectivity index (χ1) is 15.5. The number of hydrogen-bond acceptors (Lipinski definition) is 7. The van der Waals surface area contributed by atoms with Gasteiger partial charge in [0, 0.05) is 19.3 Å². The summed E-state index contributed by atoms with van der Waals surface area (Å²) in [7, 11) is -4.03. The summed E-state index contributed by atoms with van der Waals surface area (Å²) in [6, 6.07) is 4.65. The van der Waals surface area contributed by atoms with E-state index in [2.05, 4.69) is 9.71 Å². The van der Waals surface area contributed by atoms with Crippen molar-refractivity contribution in [3.8, 4) is 0 Å². The first-order valence-corrected chi connectivity index (χ1v) is 12.3. The summed E-state index contributed by atoms with van der Waals surface area (Å²) in [6.45, 7) is 8.31. The minimum absolute atomic E-state index is 0.0528. The summed E-state index contributed by atoms with van der Waals surface area (Å²) in [6.07, 6.45) is 2.53. The number of hydrogen-bond donors (Lipinski definition) is 2. The Balaban J connectivity index is 2.00. The number of carbonyl (C=O) groups is 2. The van der Waals surface area contributed by atoms with E-state index in [1.165, 1.54) is 12.3 Å². The molecular weight excluding hydrogens is 446 g/mol. The number of piperidine rings is 1. The minimum atomic E-state index is -4.03. The largest absolute Gasteiger partial charge is 0.478 e. The van der Waals surface area contributed by atoms with Crippen LogP contribution in [0.4, 0.5) is 11.5 Å². The predicted molar refractivity (Wildman–Crippen MR) is 124 cm³/mol. The maximum absolute atomic E-state index is 13.3. The van der Waals surface area contributed by atoms with E-state index in [0.29, 0.717) is 31.5 Å². The van der Waals surface area contributed by atoms with Crippen LogP contribution < -0.4 is 9.62 Å². The number of aromatic nitrogens is 1. The number of anilines is 2. The maximum atomic E-state index is 13.3. The average Bonchev–Trinajstić information content (AvgIpc) is 2.76. The van der Waals surface area contributed by atoms with Crippen LogP contribution in [0.15, 0.2) is 29.3 Å².